The van der Waals surface area contributed by atoms with Gasteiger partial charge in [-0.3, -0.25) is 19.3 Å². The van der Waals surface area contributed by atoms with Crippen molar-refractivity contribution in [2.24, 2.45) is 0 Å². The average molecular weight is 488 g/mol. The van der Waals surface area contributed by atoms with Crippen molar-refractivity contribution in [2.75, 3.05) is 16.8 Å². The molecule has 10 heteroatoms. The molecule has 1 atom stereocenters. The Bertz CT molecular complexity index is 1200. The van der Waals surface area contributed by atoms with E-state index in [1.165, 1.54) is 21.9 Å². The van der Waals surface area contributed by atoms with E-state index < -0.39 is 24.1 Å². The summed E-state index contributed by atoms with van der Waals surface area (Å²) in [6.07, 6.45) is 1.66. The number of fused-ring (bicyclic) bond motifs is 3. The number of amides is 3. The molecule has 3 aliphatic rings. The maximum Gasteiger partial charge on any atom is 0.354 e. The van der Waals surface area contributed by atoms with Crippen molar-refractivity contribution in [3.63, 3.8) is 0 Å². The van der Waals surface area contributed by atoms with Gasteiger partial charge in [0.2, 0.25) is 11.6 Å². The van der Waals surface area contributed by atoms with Gasteiger partial charge >= 0.3 is 5.97 Å². The molecular formula is C23H19Cl2N3O5. The summed E-state index contributed by atoms with van der Waals surface area (Å²) in [6, 6.07) is 11.2. The smallest absolute Gasteiger partial charge is 0.354 e. The summed E-state index contributed by atoms with van der Waals surface area (Å²) in [5, 5.41) is 3.21. The highest BCUT2D eigenvalue weighted by atomic mass is 35.5. The number of benzene rings is 2. The van der Waals surface area contributed by atoms with Crippen LogP contribution in [0.3, 0.4) is 0 Å². The van der Waals surface area contributed by atoms with E-state index in [2.05, 4.69) is 5.32 Å². The molecule has 0 aromatic heterocycles. The molecule has 0 radical (unpaired) electrons. The Kier molecular flexibility index (Phi) is 5.29. The fraction of sp³-hybridized carbons (Fsp3) is 0.304. The van der Waals surface area contributed by atoms with Gasteiger partial charge in [0.1, 0.15) is 0 Å². The second-order valence-corrected chi connectivity index (χ2v) is 9.06. The lowest BCUT2D eigenvalue weighted by molar-refractivity contribution is -0.159. The molecule has 2 aliphatic heterocycles. The number of hydrogen-bond donors (Lipinski definition) is 1. The lowest BCUT2D eigenvalue weighted by Crippen LogP contribution is -2.69. The second-order valence-electron chi connectivity index (χ2n) is 8.22. The van der Waals surface area contributed by atoms with Crippen LogP contribution in [0.1, 0.15) is 36.0 Å². The fourth-order valence-electron chi connectivity index (χ4n) is 4.54. The van der Waals surface area contributed by atoms with Crippen LogP contribution in [-0.4, -0.2) is 46.9 Å². The Morgan fingerprint density at radius 1 is 1.12 bits per heavy atom. The Labute approximate surface area is 199 Å². The van der Waals surface area contributed by atoms with E-state index in [1.54, 1.807) is 30.3 Å². The minimum atomic E-state index is -1.60. The number of nitrogens with zero attached hydrogens (tertiary/aromatic N) is 2. The highest BCUT2D eigenvalue weighted by Crippen LogP contribution is 2.49. The standard InChI is InChI=1S/C23H19Cl2N3O5/c24-13-5-8-16(25)17(11-13)26-19(29)12-33-22(32)23-10-9-20(30)28(23)18-4-2-1-3-15(18)21(31)27(23)14-6-7-14/h1-5,8,11,14H,6-7,9-10,12H2,(H,26,29). The van der Waals surface area contributed by atoms with Gasteiger partial charge in [0.15, 0.2) is 6.61 Å². The van der Waals surface area contributed by atoms with Crippen LogP contribution in [-0.2, 0) is 19.1 Å². The van der Waals surface area contributed by atoms with Crippen LogP contribution in [0.5, 0.6) is 0 Å². The molecule has 1 saturated carbocycles. The third-order valence-electron chi connectivity index (χ3n) is 6.08. The van der Waals surface area contributed by atoms with E-state index in [0.29, 0.717) is 16.3 Å². The van der Waals surface area contributed by atoms with E-state index in [0.717, 1.165) is 12.8 Å². The Morgan fingerprint density at radius 3 is 2.64 bits per heavy atom. The quantitative estimate of drug-likeness (QED) is 0.649. The number of carbonyl (C=O) groups is 4. The van der Waals surface area contributed by atoms with Crippen molar-refractivity contribution in [1.82, 2.24) is 4.90 Å². The molecule has 170 valence electrons. The Morgan fingerprint density at radius 2 is 1.88 bits per heavy atom. The lowest BCUT2D eigenvalue weighted by atomic mass is 9.96. The first kappa shape index (κ1) is 21.7. The molecule has 0 spiro atoms. The van der Waals surface area contributed by atoms with Crippen LogP contribution in [0.2, 0.25) is 10.0 Å². The van der Waals surface area contributed by atoms with Crippen LogP contribution in [0.25, 0.3) is 0 Å². The molecule has 3 amide bonds. The predicted octanol–water partition coefficient (Wildman–Crippen LogP) is 3.62. The summed E-state index contributed by atoms with van der Waals surface area (Å²) >= 11 is 12.0. The highest BCUT2D eigenvalue weighted by molar-refractivity contribution is 6.35. The number of carbonyl (C=O) groups excluding carboxylic acids is 4. The number of rotatable bonds is 5. The summed E-state index contributed by atoms with van der Waals surface area (Å²) in [6.45, 7) is -0.611. The number of anilines is 2. The van der Waals surface area contributed by atoms with Gasteiger partial charge < -0.3 is 15.0 Å². The molecular weight excluding hydrogens is 469 g/mol. The van der Waals surface area contributed by atoms with Gasteiger partial charge in [0.25, 0.3) is 11.8 Å². The van der Waals surface area contributed by atoms with Crippen molar-refractivity contribution >= 4 is 58.3 Å². The minimum Gasteiger partial charge on any atom is -0.452 e. The molecule has 2 heterocycles. The second kappa shape index (κ2) is 8.04. The molecule has 2 fully saturated rings. The van der Waals surface area contributed by atoms with Crippen molar-refractivity contribution < 1.29 is 23.9 Å². The van der Waals surface area contributed by atoms with E-state index in [1.807, 2.05) is 0 Å². The largest absolute Gasteiger partial charge is 0.452 e. The van der Waals surface area contributed by atoms with Gasteiger partial charge in [-0.15, -0.1) is 0 Å². The monoisotopic (exact) mass is 487 g/mol. The lowest BCUT2D eigenvalue weighted by Gasteiger charge is -2.48. The van der Waals surface area contributed by atoms with Crippen LogP contribution in [0, 0.1) is 0 Å². The third kappa shape index (κ3) is 3.54. The first-order chi connectivity index (χ1) is 15.8. The Hall–Kier alpha value is -3.10. The first-order valence-electron chi connectivity index (χ1n) is 10.5. The van der Waals surface area contributed by atoms with Crippen molar-refractivity contribution in [3.05, 3.63) is 58.1 Å². The Balaban J connectivity index is 1.42. The molecule has 1 saturated heterocycles. The normalized spacial score (nSPS) is 21.5. The molecule has 2 aromatic rings. The highest BCUT2D eigenvalue weighted by Gasteiger charge is 2.64. The number of nitrogens with one attached hydrogen (secondary N) is 1. The zero-order valence-electron chi connectivity index (χ0n) is 17.3. The number of para-hydroxylation sites is 1. The molecule has 8 nitrogen and oxygen atoms in total. The molecule has 1 aliphatic carbocycles. The summed E-state index contributed by atoms with van der Waals surface area (Å²) in [4.78, 5) is 55.1. The van der Waals surface area contributed by atoms with Crippen molar-refractivity contribution in [2.45, 2.75) is 37.4 Å². The van der Waals surface area contributed by atoms with E-state index in [4.69, 9.17) is 27.9 Å². The summed E-state index contributed by atoms with van der Waals surface area (Å²) in [7, 11) is 0. The van der Waals surface area contributed by atoms with Gasteiger partial charge in [-0.1, -0.05) is 35.3 Å². The number of esters is 1. The van der Waals surface area contributed by atoms with Gasteiger partial charge in [-0.05, 0) is 43.2 Å². The molecule has 0 bridgehead atoms. The van der Waals surface area contributed by atoms with E-state index in [9.17, 15) is 19.2 Å². The zero-order valence-corrected chi connectivity index (χ0v) is 18.9. The number of hydrogen-bond acceptors (Lipinski definition) is 5. The molecule has 33 heavy (non-hydrogen) atoms. The van der Waals surface area contributed by atoms with E-state index >= 15 is 0 Å². The average Bonchev–Trinajstić information content (AvgIpc) is 3.57. The molecule has 2 aromatic carbocycles. The van der Waals surface area contributed by atoms with Gasteiger partial charge in [0, 0.05) is 23.9 Å². The molecule has 1 N–H and O–H groups in total. The molecule has 5 rings (SSSR count). The van der Waals surface area contributed by atoms with Crippen LogP contribution in [0.15, 0.2) is 42.5 Å². The maximum absolute atomic E-state index is 13.5. The first-order valence-corrected chi connectivity index (χ1v) is 11.3. The van der Waals surface area contributed by atoms with Crippen LogP contribution < -0.4 is 10.2 Å². The van der Waals surface area contributed by atoms with Crippen molar-refractivity contribution in [1.29, 1.82) is 0 Å². The zero-order chi connectivity index (χ0) is 23.3. The summed E-state index contributed by atoms with van der Waals surface area (Å²) in [5.41, 5.74) is -0.564. The third-order valence-corrected chi connectivity index (χ3v) is 6.64. The van der Waals surface area contributed by atoms with Crippen LogP contribution in [0.4, 0.5) is 11.4 Å². The maximum atomic E-state index is 13.5. The minimum absolute atomic E-state index is 0.0876. The summed E-state index contributed by atoms with van der Waals surface area (Å²) < 4.78 is 5.40. The topological polar surface area (TPSA) is 96.0 Å². The summed E-state index contributed by atoms with van der Waals surface area (Å²) in [5.74, 6) is -2.02. The SMILES string of the molecule is O=C(COC(=O)C12CCC(=O)N1c1ccccc1C(=O)N2C1CC1)Nc1cc(Cl)ccc1Cl. The van der Waals surface area contributed by atoms with Gasteiger partial charge in [0.05, 0.1) is 22.0 Å². The fourth-order valence-corrected chi connectivity index (χ4v) is 4.88. The van der Waals surface area contributed by atoms with Gasteiger partial charge in [-0.2, -0.15) is 0 Å². The molecule has 1 unspecified atom stereocenters. The van der Waals surface area contributed by atoms with Gasteiger partial charge in [-0.25, -0.2) is 4.79 Å². The van der Waals surface area contributed by atoms with E-state index in [-0.39, 0.29) is 41.4 Å². The number of ether oxygens (including phenoxy) is 1. The number of halogens is 2. The van der Waals surface area contributed by atoms with Crippen LogP contribution >= 0.6 is 23.2 Å². The predicted molar refractivity (Wildman–Crippen MR) is 121 cm³/mol. The van der Waals surface area contributed by atoms with Crippen molar-refractivity contribution in [3.8, 4) is 0 Å².